The highest BCUT2D eigenvalue weighted by Crippen LogP contribution is 2.33. The van der Waals surface area contributed by atoms with Crippen molar-refractivity contribution in [1.82, 2.24) is 4.90 Å². The number of benzene rings is 1. The van der Waals surface area contributed by atoms with Crippen molar-refractivity contribution >= 4 is 51.9 Å². The van der Waals surface area contributed by atoms with Crippen molar-refractivity contribution in [2.75, 3.05) is 11.9 Å². The average molecular weight is 386 g/mol. The van der Waals surface area contributed by atoms with Gasteiger partial charge in [0.05, 0.1) is 4.91 Å². The van der Waals surface area contributed by atoms with Crippen LogP contribution in [0.2, 0.25) is 0 Å². The van der Waals surface area contributed by atoms with Gasteiger partial charge in [0, 0.05) is 10.6 Å². The number of aryl methyl sites for hydroxylation is 2. The van der Waals surface area contributed by atoms with Crippen LogP contribution in [-0.2, 0) is 16.0 Å². The molecular weight excluding hydrogens is 368 g/mol. The van der Waals surface area contributed by atoms with Crippen molar-refractivity contribution in [3.8, 4) is 0 Å². The SMILES string of the molecule is CCc1cccc(C)c1NC(=O)CN1C(=O)S/C(=C\c2cccs2)C1=O. The summed E-state index contributed by atoms with van der Waals surface area (Å²) in [6.07, 6.45) is 2.46. The van der Waals surface area contributed by atoms with Crippen LogP contribution in [0.5, 0.6) is 0 Å². The lowest BCUT2D eigenvalue weighted by Gasteiger charge is -2.16. The topological polar surface area (TPSA) is 66.5 Å². The minimum atomic E-state index is -0.427. The van der Waals surface area contributed by atoms with E-state index in [1.165, 1.54) is 11.3 Å². The second-order valence-corrected chi connectivity index (χ2v) is 7.77. The zero-order valence-electron chi connectivity index (χ0n) is 14.4. The molecule has 0 atom stereocenters. The highest BCUT2D eigenvalue weighted by molar-refractivity contribution is 8.18. The van der Waals surface area contributed by atoms with Gasteiger partial charge in [-0.05, 0) is 53.8 Å². The van der Waals surface area contributed by atoms with Crippen LogP contribution in [0.3, 0.4) is 0 Å². The molecule has 5 nitrogen and oxygen atoms in total. The molecule has 1 aromatic carbocycles. The smallest absolute Gasteiger partial charge is 0.294 e. The summed E-state index contributed by atoms with van der Waals surface area (Å²) in [6, 6.07) is 9.55. The van der Waals surface area contributed by atoms with E-state index in [1.807, 2.05) is 49.6 Å². The Labute approximate surface area is 160 Å². The Hall–Kier alpha value is -2.38. The van der Waals surface area contributed by atoms with Crippen molar-refractivity contribution in [2.24, 2.45) is 0 Å². The number of anilines is 1. The minimum Gasteiger partial charge on any atom is -0.324 e. The molecule has 2 aromatic rings. The van der Waals surface area contributed by atoms with E-state index in [-0.39, 0.29) is 12.5 Å². The number of nitrogens with one attached hydrogen (secondary N) is 1. The molecule has 0 unspecified atom stereocenters. The van der Waals surface area contributed by atoms with E-state index in [4.69, 9.17) is 0 Å². The van der Waals surface area contributed by atoms with E-state index in [0.29, 0.717) is 4.91 Å². The fourth-order valence-electron chi connectivity index (χ4n) is 2.66. The van der Waals surface area contributed by atoms with Crippen LogP contribution in [0.15, 0.2) is 40.6 Å². The number of para-hydroxylation sites is 1. The number of rotatable bonds is 5. The summed E-state index contributed by atoms with van der Waals surface area (Å²) in [6.45, 7) is 3.64. The maximum Gasteiger partial charge on any atom is 0.294 e. The molecule has 3 rings (SSSR count). The van der Waals surface area contributed by atoms with E-state index in [2.05, 4.69) is 5.32 Å². The van der Waals surface area contributed by atoms with Crippen LogP contribution in [0.4, 0.5) is 10.5 Å². The first-order chi connectivity index (χ1) is 12.5. The zero-order valence-corrected chi connectivity index (χ0v) is 16.1. The predicted octanol–water partition coefficient (Wildman–Crippen LogP) is 4.29. The van der Waals surface area contributed by atoms with E-state index in [0.717, 1.165) is 44.8 Å². The molecule has 1 aliphatic rings. The lowest BCUT2D eigenvalue weighted by Crippen LogP contribution is -2.36. The number of thioether (sulfide) groups is 1. The van der Waals surface area contributed by atoms with Gasteiger partial charge in [0.2, 0.25) is 5.91 Å². The molecule has 1 saturated heterocycles. The van der Waals surface area contributed by atoms with Crippen LogP contribution in [0, 0.1) is 6.92 Å². The number of imide groups is 1. The van der Waals surface area contributed by atoms with Gasteiger partial charge in [0.25, 0.3) is 11.1 Å². The van der Waals surface area contributed by atoms with Crippen LogP contribution in [0.25, 0.3) is 6.08 Å². The Kier molecular flexibility index (Phi) is 5.58. The number of carbonyl (C=O) groups excluding carboxylic acids is 3. The molecule has 1 N–H and O–H groups in total. The summed E-state index contributed by atoms with van der Waals surface area (Å²) in [5.41, 5.74) is 2.72. The van der Waals surface area contributed by atoms with Gasteiger partial charge in [0.15, 0.2) is 0 Å². The maximum atomic E-state index is 12.5. The van der Waals surface area contributed by atoms with Crippen molar-refractivity contribution in [1.29, 1.82) is 0 Å². The third-order valence-electron chi connectivity index (χ3n) is 4.00. The highest BCUT2D eigenvalue weighted by Gasteiger charge is 2.36. The molecule has 0 spiro atoms. The second kappa shape index (κ2) is 7.88. The van der Waals surface area contributed by atoms with Crippen molar-refractivity contribution < 1.29 is 14.4 Å². The second-order valence-electron chi connectivity index (χ2n) is 5.79. The number of amides is 3. The molecule has 7 heteroatoms. The summed E-state index contributed by atoms with van der Waals surface area (Å²) in [7, 11) is 0. The van der Waals surface area contributed by atoms with Crippen LogP contribution in [-0.4, -0.2) is 28.5 Å². The molecule has 0 saturated carbocycles. The highest BCUT2D eigenvalue weighted by atomic mass is 32.2. The van der Waals surface area contributed by atoms with Crippen LogP contribution < -0.4 is 5.32 Å². The molecule has 0 radical (unpaired) electrons. The summed E-state index contributed by atoms with van der Waals surface area (Å²) in [5, 5.41) is 4.32. The van der Waals surface area contributed by atoms with E-state index in [1.54, 1.807) is 6.08 Å². The van der Waals surface area contributed by atoms with Crippen LogP contribution in [0.1, 0.15) is 22.9 Å². The van der Waals surface area contributed by atoms with Gasteiger partial charge in [-0.3, -0.25) is 19.3 Å². The fourth-order valence-corrected chi connectivity index (χ4v) is 4.22. The summed E-state index contributed by atoms with van der Waals surface area (Å²) in [4.78, 5) is 39.3. The van der Waals surface area contributed by atoms with Gasteiger partial charge in [-0.15, -0.1) is 11.3 Å². The Bertz CT molecular complexity index is 888. The lowest BCUT2D eigenvalue weighted by atomic mass is 10.1. The molecule has 0 aliphatic carbocycles. The number of hydrogen-bond donors (Lipinski definition) is 1. The molecule has 26 heavy (non-hydrogen) atoms. The largest absolute Gasteiger partial charge is 0.324 e. The molecule has 1 aliphatic heterocycles. The minimum absolute atomic E-state index is 0.288. The average Bonchev–Trinajstić information content (AvgIpc) is 3.21. The Balaban J connectivity index is 1.72. The summed E-state index contributed by atoms with van der Waals surface area (Å²) in [5.74, 6) is -0.808. The van der Waals surface area contributed by atoms with Crippen LogP contribution >= 0.6 is 23.1 Å². The molecule has 2 heterocycles. The van der Waals surface area contributed by atoms with Gasteiger partial charge < -0.3 is 5.32 Å². The summed E-state index contributed by atoms with van der Waals surface area (Å²) >= 11 is 2.35. The van der Waals surface area contributed by atoms with E-state index < -0.39 is 11.1 Å². The maximum absolute atomic E-state index is 12.5. The quantitative estimate of drug-likeness (QED) is 0.779. The third kappa shape index (κ3) is 3.89. The number of thiophene rings is 1. The Morgan fingerprint density at radius 1 is 1.23 bits per heavy atom. The standard InChI is InChI=1S/C19H18N2O3S2/c1-3-13-7-4-6-12(2)17(13)20-16(22)11-21-18(23)15(26-19(21)24)10-14-8-5-9-25-14/h4-10H,3,11H2,1-2H3,(H,20,22)/b15-10-. The first-order valence-electron chi connectivity index (χ1n) is 8.16. The number of carbonyl (C=O) groups is 3. The molecule has 1 aromatic heterocycles. The number of nitrogens with zero attached hydrogens (tertiary/aromatic N) is 1. The monoisotopic (exact) mass is 386 g/mol. The molecule has 3 amide bonds. The van der Waals surface area contributed by atoms with Crippen molar-refractivity contribution in [2.45, 2.75) is 20.3 Å². The lowest BCUT2D eigenvalue weighted by molar-refractivity contribution is -0.127. The first-order valence-corrected chi connectivity index (χ1v) is 9.86. The fraction of sp³-hybridized carbons (Fsp3) is 0.211. The Morgan fingerprint density at radius 2 is 2.04 bits per heavy atom. The van der Waals surface area contributed by atoms with E-state index >= 15 is 0 Å². The van der Waals surface area contributed by atoms with Gasteiger partial charge in [-0.25, -0.2) is 0 Å². The molecule has 134 valence electrons. The van der Waals surface area contributed by atoms with E-state index in [9.17, 15) is 14.4 Å². The van der Waals surface area contributed by atoms with Crippen molar-refractivity contribution in [3.05, 3.63) is 56.6 Å². The van der Waals surface area contributed by atoms with Crippen molar-refractivity contribution in [3.63, 3.8) is 0 Å². The Morgan fingerprint density at radius 3 is 2.73 bits per heavy atom. The normalized spacial score (nSPS) is 15.8. The first kappa shape index (κ1) is 18.4. The van der Waals surface area contributed by atoms with Gasteiger partial charge in [0.1, 0.15) is 6.54 Å². The predicted molar refractivity (Wildman–Crippen MR) is 106 cm³/mol. The van der Waals surface area contributed by atoms with Gasteiger partial charge in [-0.2, -0.15) is 0 Å². The summed E-state index contributed by atoms with van der Waals surface area (Å²) < 4.78 is 0. The molecule has 0 bridgehead atoms. The van der Waals surface area contributed by atoms with Gasteiger partial charge in [-0.1, -0.05) is 31.2 Å². The third-order valence-corrected chi connectivity index (χ3v) is 5.72. The number of hydrogen-bond acceptors (Lipinski definition) is 5. The zero-order chi connectivity index (χ0) is 18.7. The van der Waals surface area contributed by atoms with Gasteiger partial charge >= 0.3 is 0 Å². The molecular formula is C19H18N2O3S2. The molecule has 1 fully saturated rings.